The van der Waals surface area contributed by atoms with Gasteiger partial charge in [-0.1, -0.05) is 34.9 Å². The zero-order valence-electron chi connectivity index (χ0n) is 13.5. The second kappa shape index (κ2) is 7.98. The van der Waals surface area contributed by atoms with Crippen LogP contribution in [0.25, 0.3) is 5.69 Å². The van der Waals surface area contributed by atoms with Crippen molar-refractivity contribution in [2.75, 3.05) is 12.4 Å². The number of aromatic nitrogens is 4. The number of nitrogens with zero attached hydrogens (tertiary/aromatic N) is 4. The molecule has 7 nitrogen and oxygen atoms in total. The Morgan fingerprint density at radius 2 is 2.08 bits per heavy atom. The minimum atomic E-state index is -3.74. The van der Waals surface area contributed by atoms with E-state index in [0.29, 0.717) is 12.1 Å². The molecule has 1 aromatic heterocycles. The second-order valence-electron chi connectivity index (χ2n) is 5.40. The van der Waals surface area contributed by atoms with Crippen LogP contribution in [-0.4, -0.2) is 47.1 Å². The van der Waals surface area contributed by atoms with Crippen LogP contribution in [0, 0.1) is 0 Å². The van der Waals surface area contributed by atoms with Gasteiger partial charge in [0.25, 0.3) is 5.16 Å². The van der Waals surface area contributed by atoms with Crippen LogP contribution in [-0.2, 0) is 14.6 Å². The third-order valence-corrected chi connectivity index (χ3v) is 4.77. The van der Waals surface area contributed by atoms with Gasteiger partial charge in [0.15, 0.2) is 0 Å². The zero-order valence-corrected chi connectivity index (χ0v) is 14.3. The number of rotatable bonds is 9. The van der Waals surface area contributed by atoms with Crippen LogP contribution < -0.4 is 0 Å². The number of hydrogen-bond donors (Lipinski definition) is 0. The van der Waals surface area contributed by atoms with Crippen molar-refractivity contribution in [3.8, 4) is 5.69 Å². The molecule has 0 aliphatic rings. The van der Waals surface area contributed by atoms with Gasteiger partial charge >= 0.3 is 0 Å². The molecule has 0 aliphatic heterocycles. The van der Waals surface area contributed by atoms with Crippen molar-refractivity contribution in [1.82, 2.24) is 20.2 Å². The SMILES string of the molecule is C=CCO[C@@H](CC(=C)C)CS(=O)(=O)c1nnnn1-c1ccccc1. The molecule has 2 rings (SSSR count). The van der Waals surface area contributed by atoms with Gasteiger partial charge in [0.05, 0.1) is 24.2 Å². The lowest BCUT2D eigenvalue weighted by Gasteiger charge is -2.17. The van der Waals surface area contributed by atoms with E-state index in [2.05, 4.69) is 28.7 Å². The largest absolute Gasteiger partial charge is 0.373 e. The molecule has 0 radical (unpaired) electrons. The minimum Gasteiger partial charge on any atom is -0.373 e. The second-order valence-corrected chi connectivity index (χ2v) is 7.32. The molecule has 1 atom stereocenters. The Kier molecular flexibility index (Phi) is 5.99. The summed E-state index contributed by atoms with van der Waals surface area (Å²) < 4.78 is 32.2. The highest BCUT2D eigenvalue weighted by atomic mass is 32.2. The van der Waals surface area contributed by atoms with Crippen LogP contribution >= 0.6 is 0 Å². The van der Waals surface area contributed by atoms with E-state index in [1.54, 1.807) is 30.3 Å². The Bertz CT molecular complexity index is 800. The number of benzene rings is 1. The zero-order chi connectivity index (χ0) is 17.6. The average Bonchev–Trinajstić information content (AvgIpc) is 3.03. The smallest absolute Gasteiger partial charge is 0.272 e. The summed E-state index contributed by atoms with van der Waals surface area (Å²) in [4.78, 5) is 0. The molecule has 0 spiro atoms. The van der Waals surface area contributed by atoms with Crippen molar-refractivity contribution in [3.63, 3.8) is 0 Å². The fourth-order valence-corrected chi connectivity index (χ4v) is 3.60. The summed E-state index contributed by atoms with van der Waals surface area (Å²) in [7, 11) is -3.74. The predicted molar refractivity (Wildman–Crippen MR) is 90.6 cm³/mol. The van der Waals surface area contributed by atoms with Crippen molar-refractivity contribution >= 4 is 9.84 Å². The van der Waals surface area contributed by atoms with Gasteiger partial charge in [0, 0.05) is 0 Å². The Labute approximate surface area is 141 Å². The van der Waals surface area contributed by atoms with Crippen molar-refractivity contribution in [2.24, 2.45) is 0 Å². The molecule has 0 fully saturated rings. The summed E-state index contributed by atoms with van der Waals surface area (Å²) in [6.45, 7) is 9.48. The summed E-state index contributed by atoms with van der Waals surface area (Å²) >= 11 is 0. The van der Waals surface area contributed by atoms with Gasteiger partial charge in [0.2, 0.25) is 9.84 Å². The number of hydrogen-bond acceptors (Lipinski definition) is 6. The molecular weight excluding hydrogens is 328 g/mol. The van der Waals surface area contributed by atoms with Crippen LogP contribution in [0.3, 0.4) is 0 Å². The molecule has 0 unspecified atom stereocenters. The predicted octanol–water partition coefficient (Wildman–Crippen LogP) is 1.97. The van der Waals surface area contributed by atoms with Gasteiger partial charge in [-0.25, -0.2) is 8.42 Å². The van der Waals surface area contributed by atoms with Crippen LogP contribution in [0.4, 0.5) is 0 Å². The number of ether oxygens (including phenoxy) is 1. The first-order valence-corrected chi connectivity index (χ1v) is 9.02. The lowest BCUT2D eigenvalue weighted by atomic mass is 10.2. The Balaban J connectivity index is 2.28. The summed E-state index contributed by atoms with van der Waals surface area (Å²) in [5.74, 6) is -0.235. The fourth-order valence-electron chi connectivity index (χ4n) is 2.18. The van der Waals surface area contributed by atoms with Crippen molar-refractivity contribution in [3.05, 3.63) is 55.1 Å². The first-order valence-electron chi connectivity index (χ1n) is 7.37. The molecule has 24 heavy (non-hydrogen) atoms. The van der Waals surface area contributed by atoms with Crippen molar-refractivity contribution in [2.45, 2.75) is 24.6 Å². The molecule has 0 aliphatic carbocycles. The van der Waals surface area contributed by atoms with Gasteiger partial charge in [-0.05, 0) is 35.9 Å². The van der Waals surface area contributed by atoms with E-state index in [-0.39, 0.29) is 17.5 Å². The Hall–Kier alpha value is -2.32. The number of para-hydroxylation sites is 1. The molecular formula is C16H20N4O3S. The number of sulfone groups is 1. The van der Waals surface area contributed by atoms with Gasteiger partial charge in [0.1, 0.15) is 0 Å². The first kappa shape index (κ1) is 18.0. The molecule has 128 valence electrons. The Morgan fingerprint density at radius 3 is 2.71 bits per heavy atom. The summed E-state index contributed by atoms with van der Waals surface area (Å²) in [6, 6.07) is 8.85. The molecule has 0 amide bonds. The minimum absolute atomic E-state index is 0.206. The van der Waals surface area contributed by atoms with Gasteiger partial charge < -0.3 is 4.74 Å². The van der Waals surface area contributed by atoms with Crippen LogP contribution in [0.2, 0.25) is 0 Å². The first-order chi connectivity index (χ1) is 11.4. The topological polar surface area (TPSA) is 87.0 Å². The third-order valence-electron chi connectivity index (χ3n) is 3.15. The Morgan fingerprint density at radius 1 is 1.38 bits per heavy atom. The maximum Gasteiger partial charge on any atom is 0.272 e. The van der Waals surface area contributed by atoms with Gasteiger partial charge in [-0.3, -0.25) is 0 Å². The molecule has 1 heterocycles. The standard InChI is InChI=1S/C16H20N4O3S/c1-4-10-23-15(11-13(2)3)12-24(21,22)16-17-18-19-20(16)14-8-6-5-7-9-14/h4-9,15H,1-2,10-12H2,3H3/t15-/m0/s1. The third kappa shape index (κ3) is 4.59. The summed E-state index contributed by atoms with van der Waals surface area (Å²) in [5.41, 5.74) is 1.41. The van der Waals surface area contributed by atoms with Crippen LogP contribution in [0.1, 0.15) is 13.3 Å². The van der Waals surface area contributed by atoms with Crippen LogP contribution in [0.5, 0.6) is 0 Å². The molecule has 8 heteroatoms. The van der Waals surface area contributed by atoms with Gasteiger partial charge in [-0.2, -0.15) is 4.68 Å². The number of tetrazole rings is 1. The van der Waals surface area contributed by atoms with Gasteiger partial charge in [-0.15, -0.1) is 13.2 Å². The van der Waals surface area contributed by atoms with E-state index in [4.69, 9.17) is 4.74 Å². The quantitative estimate of drug-likeness (QED) is 0.644. The highest BCUT2D eigenvalue weighted by Crippen LogP contribution is 2.17. The van der Waals surface area contributed by atoms with Crippen molar-refractivity contribution in [1.29, 1.82) is 0 Å². The maximum atomic E-state index is 12.7. The van der Waals surface area contributed by atoms with E-state index >= 15 is 0 Å². The maximum absolute atomic E-state index is 12.7. The lowest BCUT2D eigenvalue weighted by Crippen LogP contribution is -2.26. The van der Waals surface area contributed by atoms with Crippen molar-refractivity contribution < 1.29 is 13.2 Å². The van der Waals surface area contributed by atoms with Crippen LogP contribution in [0.15, 0.2) is 60.3 Å². The van der Waals surface area contributed by atoms with E-state index in [9.17, 15) is 8.42 Å². The summed E-state index contributed by atoms with van der Waals surface area (Å²) in [5, 5.41) is 10.8. The molecule has 0 N–H and O–H groups in total. The molecule has 0 bridgehead atoms. The van der Waals surface area contributed by atoms with E-state index in [1.165, 1.54) is 4.68 Å². The summed E-state index contributed by atoms with van der Waals surface area (Å²) in [6.07, 6.45) is 1.47. The van der Waals surface area contributed by atoms with E-state index in [0.717, 1.165) is 5.57 Å². The van der Waals surface area contributed by atoms with E-state index < -0.39 is 15.9 Å². The highest BCUT2D eigenvalue weighted by molar-refractivity contribution is 7.91. The monoisotopic (exact) mass is 348 g/mol. The molecule has 0 saturated heterocycles. The van der Waals surface area contributed by atoms with E-state index in [1.807, 2.05) is 13.0 Å². The highest BCUT2D eigenvalue weighted by Gasteiger charge is 2.28. The molecule has 1 aromatic carbocycles. The molecule has 2 aromatic rings. The lowest BCUT2D eigenvalue weighted by molar-refractivity contribution is 0.0910. The average molecular weight is 348 g/mol. The normalized spacial score (nSPS) is 12.7. The fraction of sp³-hybridized carbons (Fsp3) is 0.312. The molecule has 0 saturated carbocycles.